The third-order valence-electron chi connectivity index (χ3n) is 3.40. The Morgan fingerprint density at radius 3 is 2.56 bits per heavy atom. The summed E-state index contributed by atoms with van der Waals surface area (Å²) in [6.07, 6.45) is 6.42. The van der Waals surface area contributed by atoms with Crippen LogP contribution in [0.4, 0.5) is 0 Å². The minimum atomic E-state index is -2.01. The number of nitrogens with zero attached hydrogens (tertiary/aromatic N) is 3. The van der Waals surface area contributed by atoms with Crippen LogP contribution in [-0.2, 0) is 11.1 Å². The van der Waals surface area contributed by atoms with Gasteiger partial charge >= 0.3 is 0 Å². The van der Waals surface area contributed by atoms with Crippen LogP contribution in [0.25, 0.3) is 5.69 Å². The van der Waals surface area contributed by atoms with Crippen LogP contribution in [0.1, 0.15) is 16.1 Å². The number of hydrogen-bond donors (Lipinski definition) is 2. The Kier molecular flexibility index (Phi) is 5.12. The van der Waals surface area contributed by atoms with E-state index in [4.69, 9.17) is 4.55 Å². The van der Waals surface area contributed by atoms with Crippen LogP contribution in [0, 0.1) is 0 Å². The molecule has 2 aromatic heterocycles. The van der Waals surface area contributed by atoms with E-state index in [9.17, 15) is 9.00 Å². The summed E-state index contributed by atoms with van der Waals surface area (Å²) >= 11 is -2.01. The van der Waals surface area contributed by atoms with E-state index < -0.39 is 11.1 Å². The van der Waals surface area contributed by atoms with Crippen LogP contribution in [0.15, 0.2) is 77.1 Å². The largest absolute Gasteiger partial charge is 0.316 e. The van der Waals surface area contributed by atoms with E-state index in [1.165, 1.54) is 18.6 Å². The van der Waals surface area contributed by atoms with Gasteiger partial charge in [0.2, 0.25) is 0 Å². The zero-order chi connectivity index (χ0) is 17.6. The lowest BCUT2D eigenvalue weighted by molar-refractivity contribution is 0.0955. The van der Waals surface area contributed by atoms with Crippen molar-refractivity contribution < 1.29 is 13.6 Å². The molecule has 1 unspecified atom stereocenters. The molecule has 2 heterocycles. The molecule has 8 heteroatoms. The van der Waals surface area contributed by atoms with E-state index in [0.717, 1.165) is 11.4 Å². The average molecular weight is 354 g/mol. The molecule has 0 saturated heterocycles. The van der Waals surface area contributed by atoms with Crippen molar-refractivity contribution in [2.24, 2.45) is 5.10 Å². The van der Waals surface area contributed by atoms with Gasteiger partial charge in [0.05, 0.1) is 16.8 Å². The highest BCUT2D eigenvalue weighted by Gasteiger charge is 2.05. The van der Waals surface area contributed by atoms with Crippen molar-refractivity contribution in [2.45, 2.75) is 4.90 Å². The van der Waals surface area contributed by atoms with Crippen molar-refractivity contribution in [3.05, 3.63) is 78.4 Å². The summed E-state index contributed by atoms with van der Waals surface area (Å²) in [6.45, 7) is 0. The van der Waals surface area contributed by atoms with E-state index in [2.05, 4.69) is 15.5 Å². The van der Waals surface area contributed by atoms with Crippen molar-refractivity contribution >= 4 is 23.2 Å². The fraction of sp³-hybridized carbons (Fsp3) is 0. The number of benzene rings is 1. The molecule has 25 heavy (non-hydrogen) atoms. The van der Waals surface area contributed by atoms with Gasteiger partial charge < -0.3 is 9.12 Å². The van der Waals surface area contributed by atoms with Gasteiger partial charge in [0.1, 0.15) is 0 Å². The maximum atomic E-state index is 11.9. The number of hydrazone groups is 1. The Bertz CT molecular complexity index is 921. The summed E-state index contributed by atoms with van der Waals surface area (Å²) < 4.78 is 21.9. The van der Waals surface area contributed by atoms with Crippen LogP contribution in [0.5, 0.6) is 0 Å². The third kappa shape index (κ3) is 4.06. The van der Waals surface area contributed by atoms with Crippen LogP contribution < -0.4 is 5.43 Å². The van der Waals surface area contributed by atoms with Gasteiger partial charge in [-0.3, -0.25) is 9.78 Å². The van der Waals surface area contributed by atoms with Crippen molar-refractivity contribution in [2.75, 3.05) is 0 Å². The van der Waals surface area contributed by atoms with Gasteiger partial charge in [0, 0.05) is 29.8 Å². The molecule has 1 aromatic carbocycles. The van der Waals surface area contributed by atoms with Crippen molar-refractivity contribution in [1.82, 2.24) is 15.0 Å². The smallest absolute Gasteiger partial charge is 0.271 e. The van der Waals surface area contributed by atoms with Crippen LogP contribution in [0.2, 0.25) is 0 Å². The van der Waals surface area contributed by atoms with Gasteiger partial charge in [-0.2, -0.15) is 5.10 Å². The molecule has 0 spiro atoms. The van der Waals surface area contributed by atoms with Crippen molar-refractivity contribution in [3.8, 4) is 5.69 Å². The highest BCUT2D eigenvalue weighted by molar-refractivity contribution is 7.79. The Labute approximate surface area is 146 Å². The maximum absolute atomic E-state index is 11.9. The summed E-state index contributed by atoms with van der Waals surface area (Å²) in [5.41, 5.74) is 4.47. The summed E-state index contributed by atoms with van der Waals surface area (Å²) in [7, 11) is 0. The average Bonchev–Trinajstić information content (AvgIpc) is 3.11. The Morgan fingerprint density at radius 1 is 1.16 bits per heavy atom. The number of amides is 1. The number of carbonyl (C=O) groups excluding carboxylic acids is 1. The second-order valence-electron chi connectivity index (χ2n) is 4.98. The van der Waals surface area contributed by atoms with Crippen molar-refractivity contribution in [1.29, 1.82) is 0 Å². The van der Waals surface area contributed by atoms with Gasteiger partial charge in [0.15, 0.2) is 11.1 Å². The van der Waals surface area contributed by atoms with Crippen LogP contribution in [0.3, 0.4) is 0 Å². The Balaban J connectivity index is 1.73. The van der Waals surface area contributed by atoms with E-state index >= 15 is 0 Å². The molecule has 3 aromatic rings. The molecule has 0 radical (unpaired) electrons. The predicted octanol–water partition coefficient (Wildman–Crippen LogP) is 2.22. The molecule has 1 amide bonds. The third-order valence-corrected chi connectivity index (χ3v) is 4.08. The Hall–Kier alpha value is -3.10. The van der Waals surface area contributed by atoms with Gasteiger partial charge in [-0.1, -0.05) is 0 Å². The monoisotopic (exact) mass is 354 g/mol. The van der Waals surface area contributed by atoms with E-state index in [0.29, 0.717) is 10.5 Å². The maximum Gasteiger partial charge on any atom is 0.271 e. The predicted molar refractivity (Wildman–Crippen MR) is 94.1 cm³/mol. The Morgan fingerprint density at radius 2 is 1.88 bits per heavy atom. The number of nitrogens with one attached hydrogen (secondary N) is 1. The molecule has 126 valence electrons. The minimum Gasteiger partial charge on any atom is -0.316 e. The first-order valence-corrected chi connectivity index (χ1v) is 8.38. The topological polar surface area (TPSA) is 96.6 Å². The lowest BCUT2D eigenvalue weighted by atomic mass is 10.3. The highest BCUT2D eigenvalue weighted by Crippen LogP contribution is 2.14. The van der Waals surface area contributed by atoms with Gasteiger partial charge in [-0.15, -0.1) is 0 Å². The first-order valence-electron chi connectivity index (χ1n) is 7.27. The molecule has 0 aliphatic rings. The zero-order valence-corrected chi connectivity index (χ0v) is 13.8. The number of rotatable bonds is 5. The quantitative estimate of drug-likeness (QED) is 0.417. The first kappa shape index (κ1) is 16.7. The van der Waals surface area contributed by atoms with Gasteiger partial charge in [0.25, 0.3) is 5.91 Å². The van der Waals surface area contributed by atoms with Crippen LogP contribution in [-0.4, -0.2) is 30.4 Å². The second kappa shape index (κ2) is 7.65. The van der Waals surface area contributed by atoms with Gasteiger partial charge in [-0.05, 0) is 48.5 Å². The van der Waals surface area contributed by atoms with Crippen LogP contribution >= 0.6 is 0 Å². The molecular formula is C17H14N4O3S. The lowest BCUT2D eigenvalue weighted by Gasteiger charge is -2.06. The number of hydrogen-bond acceptors (Lipinski definition) is 4. The normalized spacial score (nSPS) is 12.2. The molecule has 0 aliphatic carbocycles. The summed E-state index contributed by atoms with van der Waals surface area (Å²) in [4.78, 5) is 16.1. The molecule has 1 atom stereocenters. The summed E-state index contributed by atoms with van der Waals surface area (Å²) in [5, 5.41) is 3.97. The molecule has 0 saturated carbocycles. The van der Waals surface area contributed by atoms with E-state index in [1.807, 2.05) is 22.9 Å². The molecule has 0 aliphatic heterocycles. The molecule has 7 nitrogen and oxygen atoms in total. The number of pyridine rings is 1. The first-order chi connectivity index (χ1) is 12.1. The second-order valence-corrected chi connectivity index (χ2v) is 5.95. The van der Waals surface area contributed by atoms with E-state index in [1.54, 1.807) is 36.4 Å². The standard InChI is InChI=1S/C17H14N4O3S/c22-17(13-7-9-18-10-8-13)20-19-12-15-2-1-11-21(15)14-3-5-16(6-4-14)25(23)24/h1-12H,(H,20,22)(H,23,24). The minimum absolute atomic E-state index is 0.327. The zero-order valence-electron chi connectivity index (χ0n) is 12.9. The van der Waals surface area contributed by atoms with Crippen molar-refractivity contribution in [3.63, 3.8) is 0 Å². The number of aromatic nitrogens is 2. The van der Waals surface area contributed by atoms with E-state index in [-0.39, 0.29) is 5.91 Å². The molecular weight excluding hydrogens is 340 g/mol. The lowest BCUT2D eigenvalue weighted by Crippen LogP contribution is -2.17. The molecule has 0 bridgehead atoms. The number of carbonyl (C=O) groups is 1. The molecule has 3 rings (SSSR count). The highest BCUT2D eigenvalue weighted by atomic mass is 32.2. The van der Waals surface area contributed by atoms with Gasteiger partial charge in [-0.25, -0.2) is 9.63 Å². The summed E-state index contributed by atoms with van der Waals surface area (Å²) in [6, 6.07) is 13.5. The fourth-order valence-corrected chi connectivity index (χ4v) is 2.55. The SMILES string of the molecule is O=C(NN=Cc1cccn1-c1ccc(S(=O)O)cc1)c1ccncc1. The summed E-state index contributed by atoms with van der Waals surface area (Å²) in [5.74, 6) is -0.327. The molecule has 0 fully saturated rings. The molecule has 2 N–H and O–H groups in total. The fourth-order valence-electron chi connectivity index (χ4n) is 2.18.